The summed E-state index contributed by atoms with van der Waals surface area (Å²) in [5, 5.41) is -0.103. The minimum Gasteiger partial charge on any atom is -0.496 e. The minimum atomic E-state index is -2.31. The molecule has 0 radical (unpaired) electrons. The molecule has 2 rings (SSSR count). The van der Waals surface area contributed by atoms with Gasteiger partial charge < -0.3 is 9.47 Å². The highest BCUT2D eigenvalue weighted by molar-refractivity contribution is 9.10. The minimum absolute atomic E-state index is 0.0513. The summed E-state index contributed by atoms with van der Waals surface area (Å²) in [6.45, 7) is 13.3. The fraction of sp³-hybridized carbons (Fsp3) is 0.455. The molecule has 0 fully saturated rings. The van der Waals surface area contributed by atoms with Crippen LogP contribution in [0.2, 0.25) is 10.1 Å². The van der Waals surface area contributed by atoms with Gasteiger partial charge in [-0.2, -0.15) is 0 Å². The van der Waals surface area contributed by atoms with E-state index in [0.29, 0.717) is 32.9 Å². The predicted molar refractivity (Wildman–Crippen MR) is 124 cm³/mol. The first-order chi connectivity index (χ1) is 13.3. The van der Waals surface area contributed by atoms with E-state index >= 15 is 0 Å². The number of hydrogen-bond acceptors (Lipinski definition) is 2. The molecule has 0 spiro atoms. The van der Waals surface area contributed by atoms with Crippen LogP contribution in [0.3, 0.4) is 0 Å². The molecule has 0 aliphatic rings. The van der Waals surface area contributed by atoms with Crippen LogP contribution >= 0.6 is 31.9 Å². The Kier molecular flexibility index (Phi) is 7.61. The zero-order valence-corrected chi connectivity index (χ0v) is 21.9. The summed E-state index contributed by atoms with van der Waals surface area (Å²) in [5.74, 6) is 0.590. The fourth-order valence-corrected chi connectivity index (χ4v) is 9.42. The Morgan fingerprint density at radius 1 is 0.724 bits per heavy atom. The first-order valence-electron chi connectivity index (χ1n) is 9.42. The number of rotatable bonds is 6. The molecule has 0 aliphatic carbocycles. The lowest BCUT2D eigenvalue weighted by Gasteiger charge is -2.50. The summed E-state index contributed by atoms with van der Waals surface area (Å²) >= 11 is 6.77. The Morgan fingerprint density at radius 2 is 1.07 bits per heavy atom. The highest BCUT2D eigenvalue weighted by Crippen LogP contribution is 2.51. The molecule has 2 nitrogen and oxygen atoms in total. The van der Waals surface area contributed by atoms with Gasteiger partial charge in [0, 0.05) is 0 Å². The van der Waals surface area contributed by atoms with Gasteiger partial charge in [0.05, 0.1) is 21.4 Å². The van der Waals surface area contributed by atoms with Crippen molar-refractivity contribution < 1.29 is 18.3 Å². The number of halogens is 4. The molecule has 0 heterocycles. The van der Waals surface area contributed by atoms with Crippen LogP contribution in [-0.4, -0.2) is 20.5 Å². The van der Waals surface area contributed by atoms with E-state index in [0.717, 1.165) is 0 Å². The van der Waals surface area contributed by atoms with E-state index in [1.807, 2.05) is 0 Å². The molecular formula is C22H28Br2F2O2Si. The van der Waals surface area contributed by atoms with Crippen molar-refractivity contribution >= 4 is 39.9 Å². The van der Waals surface area contributed by atoms with Gasteiger partial charge in [0.1, 0.15) is 23.1 Å². The van der Waals surface area contributed by atoms with Crippen molar-refractivity contribution in [3.8, 4) is 11.5 Å². The van der Waals surface area contributed by atoms with Gasteiger partial charge in [0.2, 0.25) is 0 Å². The van der Waals surface area contributed by atoms with Crippen molar-refractivity contribution in [2.75, 3.05) is 12.5 Å². The molecule has 0 N–H and O–H groups in total. The third kappa shape index (κ3) is 5.61. The van der Waals surface area contributed by atoms with E-state index in [-0.39, 0.29) is 21.7 Å². The third-order valence-electron chi connectivity index (χ3n) is 5.61. The van der Waals surface area contributed by atoms with E-state index in [9.17, 15) is 8.78 Å². The predicted octanol–water partition coefficient (Wildman–Crippen LogP) is 8.08. The van der Waals surface area contributed by atoms with Crippen LogP contribution in [0.25, 0.3) is 0 Å². The Balaban J connectivity index is 2.36. The molecule has 0 bridgehead atoms. The molecule has 0 saturated carbocycles. The average Bonchev–Trinajstić information content (AvgIpc) is 2.55. The molecule has 0 amide bonds. The highest BCUT2D eigenvalue weighted by Gasteiger charge is 2.55. The van der Waals surface area contributed by atoms with E-state index in [1.54, 1.807) is 12.1 Å². The van der Waals surface area contributed by atoms with Crippen molar-refractivity contribution in [2.45, 2.75) is 51.6 Å². The number of benzene rings is 2. The Hall–Kier alpha value is -0.923. The Morgan fingerprint density at radius 3 is 1.34 bits per heavy atom. The SMILES string of the molecule is CC(C)(C)[Si](COc1ccc(F)cc1Br)(COc1ccc(F)cc1Br)C(C)(C)C. The molecule has 0 saturated heterocycles. The van der Waals surface area contributed by atoms with E-state index < -0.39 is 8.07 Å². The van der Waals surface area contributed by atoms with Gasteiger partial charge in [0.25, 0.3) is 0 Å². The topological polar surface area (TPSA) is 18.5 Å². The molecule has 0 unspecified atom stereocenters. The van der Waals surface area contributed by atoms with Crippen LogP contribution in [0, 0.1) is 11.6 Å². The van der Waals surface area contributed by atoms with Gasteiger partial charge in [-0.25, -0.2) is 8.78 Å². The summed E-state index contributed by atoms with van der Waals surface area (Å²) in [6.07, 6.45) is 1.01. The first kappa shape index (κ1) is 24.3. The summed E-state index contributed by atoms with van der Waals surface area (Å²) in [5.41, 5.74) is 0. The first-order valence-corrected chi connectivity index (χ1v) is 13.4. The maximum absolute atomic E-state index is 13.4. The third-order valence-corrected chi connectivity index (χ3v) is 13.9. The molecule has 29 heavy (non-hydrogen) atoms. The summed E-state index contributed by atoms with van der Waals surface area (Å²) in [6, 6.07) is 8.87. The maximum Gasteiger partial charge on any atom is 0.152 e. The molecule has 0 aromatic heterocycles. The van der Waals surface area contributed by atoms with Crippen LogP contribution in [0.4, 0.5) is 8.78 Å². The van der Waals surface area contributed by atoms with Crippen molar-refractivity contribution in [1.82, 2.24) is 0 Å². The zero-order chi connectivity index (χ0) is 22.0. The fourth-order valence-electron chi connectivity index (χ4n) is 3.62. The van der Waals surface area contributed by atoms with Gasteiger partial charge in [0.15, 0.2) is 8.07 Å². The summed E-state index contributed by atoms with van der Waals surface area (Å²) in [4.78, 5) is 0. The number of hydrogen-bond donors (Lipinski definition) is 0. The Bertz CT molecular complexity index is 789. The van der Waals surface area contributed by atoms with Gasteiger partial charge in [-0.1, -0.05) is 41.5 Å². The molecule has 2 aromatic rings. The summed E-state index contributed by atoms with van der Waals surface area (Å²) in [7, 11) is -2.31. The monoisotopic (exact) mass is 548 g/mol. The molecular weight excluding hydrogens is 522 g/mol. The van der Waals surface area contributed by atoms with E-state index in [4.69, 9.17) is 9.47 Å². The van der Waals surface area contributed by atoms with Gasteiger partial charge in [-0.05, 0) is 78.3 Å². The molecule has 2 aromatic carbocycles. The molecule has 7 heteroatoms. The Labute approximate surface area is 190 Å². The highest BCUT2D eigenvalue weighted by atomic mass is 79.9. The van der Waals surface area contributed by atoms with Crippen LogP contribution in [0.15, 0.2) is 45.3 Å². The van der Waals surface area contributed by atoms with Crippen LogP contribution in [0.1, 0.15) is 41.5 Å². The second kappa shape index (κ2) is 9.06. The molecule has 0 aliphatic heterocycles. The second-order valence-corrected chi connectivity index (χ2v) is 16.8. The normalized spacial score (nSPS) is 12.8. The molecule has 160 valence electrons. The van der Waals surface area contributed by atoms with Crippen molar-refractivity contribution in [2.24, 2.45) is 0 Å². The lowest BCUT2D eigenvalue weighted by molar-refractivity contribution is 0.315. The zero-order valence-electron chi connectivity index (χ0n) is 17.7. The van der Waals surface area contributed by atoms with Crippen LogP contribution in [0.5, 0.6) is 11.5 Å². The van der Waals surface area contributed by atoms with Gasteiger partial charge in [-0.3, -0.25) is 0 Å². The lowest BCUT2D eigenvalue weighted by atomic mass is 10.2. The lowest BCUT2D eigenvalue weighted by Crippen LogP contribution is -2.61. The van der Waals surface area contributed by atoms with E-state index in [1.165, 1.54) is 24.3 Å². The number of ether oxygens (including phenoxy) is 2. The standard InChI is InChI=1S/C22H28Br2F2O2Si/c1-21(2,3)29(22(4,5)6,13-27-19-9-7-15(25)11-17(19)23)14-28-20-10-8-16(26)12-18(20)24/h7-12H,13-14H2,1-6H3. The van der Waals surface area contributed by atoms with Crippen molar-refractivity contribution in [3.05, 3.63) is 57.0 Å². The smallest absolute Gasteiger partial charge is 0.152 e. The second-order valence-electron chi connectivity index (χ2n) is 9.31. The largest absolute Gasteiger partial charge is 0.496 e. The maximum atomic E-state index is 13.4. The van der Waals surface area contributed by atoms with Gasteiger partial charge in [-0.15, -0.1) is 0 Å². The quantitative estimate of drug-likeness (QED) is 0.339. The van der Waals surface area contributed by atoms with Crippen LogP contribution < -0.4 is 9.47 Å². The summed E-state index contributed by atoms with van der Waals surface area (Å²) < 4.78 is 40.6. The van der Waals surface area contributed by atoms with Crippen molar-refractivity contribution in [1.29, 1.82) is 0 Å². The van der Waals surface area contributed by atoms with Crippen molar-refractivity contribution in [3.63, 3.8) is 0 Å². The van der Waals surface area contributed by atoms with Gasteiger partial charge >= 0.3 is 0 Å². The van der Waals surface area contributed by atoms with E-state index in [2.05, 4.69) is 73.4 Å². The average molecular weight is 550 g/mol. The van der Waals surface area contributed by atoms with Crippen LogP contribution in [-0.2, 0) is 0 Å². The molecule has 0 atom stereocenters.